The highest BCUT2D eigenvalue weighted by atomic mass is 16.1. The van der Waals surface area contributed by atoms with Crippen LogP contribution in [0.4, 0.5) is 0 Å². The van der Waals surface area contributed by atoms with E-state index >= 15 is 0 Å². The van der Waals surface area contributed by atoms with Crippen molar-refractivity contribution >= 4 is 0 Å². The number of pyridine rings is 1. The molecular weight excluding hydrogens is 176 g/mol. The van der Waals surface area contributed by atoms with Gasteiger partial charge in [-0.15, -0.1) is 0 Å². The Balaban J connectivity index is 1.68. The first kappa shape index (κ1) is 9.46. The lowest BCUT2D eigenvalue weighted by atomic mass is 10.4. The molecule has 1 N–H and O–H groups in total. The lowest BCUT2D eigenvalue weighted by Gasteiger charge is -2.06. The number of rotatable bonds is 5. The maximum atomic E-state index is 10.8. The van der Waals surface area contributed by atoms with Crippen LogP contribution in [0, 0.1) is 5.92 Å². The van der Waals surface area contributed by atoms with Crippen molar-refractivity contribution in [1.29, 1.82) is 0 Å². The summed E-state index contributed by atoms with van der Waals surface area (Å²) in [6.45, 7) is 3.08. The molecule has 0 bridgehead atoms. The van der Waals surface area contributed by atoms with E-state index < -0.39 is 0 Å². The Morgan fingerprint density at radius 2 is 2.07 bits per heavy atom. The van der Waals surface area contributed by atoms with Crippen LogP contribution in [0.15, 0.2) is 29.3 Å². The van der Waals surface area contributed by atoms with Crippen molar-refractivity contribution in [1.82, 2.24) is 9.88 Å². The smallest absolute Gasteiger partial charge is 0.181 e. The lowest BCUT2D eigenvalue weighted by Crippen LogP contribution is -2.22. The van der Waals surface area contributed by atoms with Gasteiger partial charge in [0.2, 0.25) is 0 Å². The minimum atomic E-state index is 0.0761. The first-order valence-electron chi connectivity index (χ1n) is 5.21. The molecule has 14 heavy (non-hydrogen) atoms. The fourth-order valence-electron chi connectivity index (χ4n) is 1.43. The molecule has 1 aromatic heterocycles. The molecule has 0 spiro atoms. The molecule has 1 aliphatic carbocycles. The number of hydrogen-bond donors (Lipinski definition) is 1. The first-order valence-corrected chi connectivity index (χ1v) is 5.21. The number of nitrogens with one attached hydrogen (secondary N) is 1. The van der Waals surface area contributed by atoms with Gasteiger partial charge < -0.3 is 9.88 Å². The van der Waals surface area contributed by atoms with E-state index in [2.05, 4.69) is 5.32 Å². The number of hydrogen-bond acceptors (Lipinski definition) is 2. The molecule has 0 unspecified atom stereocenters. The van der Waals surface area contributed by atoms with Crippen LogP contribution in [0.1, 0.15) is 12.8 Å². The lowest BCUT2D eigenvalue weighted by molar-refractivity contribution is 0.574. The maximum absolute atomic E-state index is 10.8. The average molecular weight is 192 g/mol. The Hall–Kier alpha value is -1.09. The Labute approximate surface area is 83.8 Å². The van der Waals surface area contributed by atoms with Crippen molar-refractivity contribution in [2.24, 2.45) is 5.92 Å². The van der Waals surface area contributed by atoms with Gasteiger partial charge in [-0.1, -0.05) is 0 Å². The van der Waals surface area contributed by atoms with Gasteiger partial charge in [-0.05, 0) is 25.3 Å². The molecule has 76 valence electrons. The quantitative estimate of drug-likeness (QED) is 0.702. The van der Waals surface area contributed by atoms with Crippen molar-refractivity contribution in [3.05, 3.63) is 34.7 Å². The molecule has 1 heterocycles. The van der Waals surface area contributed by atoms with E-state index in [4.69, 9.17) is 0 Å². The zero-order valence-electron chi connectivity index (χ0n) is 8.28. The molecule has 1 saturated carbocycles. The summed E-state index contributed by atoms with van der Waals surface area (Å²) in [4.78, 5) is 10.8. The third-order valence-electron chi connectivity index (χ3n) is 2.54. The predicted molar refractivity (Wildman–Crippen MR) is 56.3 cm³/mol. The van der Waals surface area contributed by atoms with E-state index in [1.54, 1.807) is 12.1 Å². The van der Waals surface area contributed by atoms with E-state index in [0.717, 1.165) is 25.6 Å². The largest absolute Gasteiger partial charge is 0.353 e. The Kier molecular flexibility index (Phi) is 2.99. The molecule has 3 heteroatoms. The molecule has 1 aromatic rings. The minimum Gasteiger partial charge on any atom is -0.353 e. The van der Waals surface area contributed by atoms with Crippen LogP contribution in [0.25, 0.3) is 0 Å². The first-order chi connectivity index (χ1) is 6.84. The summed E-state index contributed by atoms with van der Waals surface area (Å²) in [5, 5.41) is 3.41. The summed E-state index contributed by atoms with van der Waals surface area (Å²) >= 11 is 0. The molecule has 0 aromatic carbocycles. The summed E-state index contributed by atoms with van der Waals surface area (Å²) in [5.74, 6) is 0.934. The zero-order chi connectivity index (χ0) is 9.80. The molecule has 0 radical (unpaired) electrons. The van der Waals surface area contributed by atoms with Crippen molar-refractivity contribution in [3.63, 3.8) is 0 Å². The van der Waals surface area contributed by atoms with Crippen LogP contribution in [0.2, 0.25) is 0 Å². The Morgan fingerprint density at radius 3 is 2.71 bits per heavy atom. The highest BCUT2D eigenvalue weighted by Crippen LogP contribution is 2.27. The standard InChI is InChI=1S/C11H16N2O/c14-11-3-6-13(7-4-11)8-5-12-9-10-1-2-10/h3-4,6-7,10,12H,1-2,5,8-9H2. The second kappa shape index (κ2) is 4.42. The topological polar surface area (TPSA) is 34.0 Å². The van der Waals surface area contributed by atoms with E-state index in [-0.39, 0.29) is 5.43 Å². The van der Waals surface area contributed by atoms with Gasteiger partial charge in [0.15, 0.2) is 5.43 Å². The van der Waals surface area contributed by atoms with E-state index in [0.29, 0.717) is 0 Å². The SMILES string of the molecule is O=c1ccn(CCNCC2CC2)cc1. The summed E-state index contributed by atoms with van der Waals surface area (Å²) < 4.78 is 2.03. The normalized spacial score (nSPS) is 15.7. The molecule has 1 aliphatic rings. The van der Waals surface area contributed by atoms with E-state index in [1.807, 2.05) is 17.0 Å². The molecule has 2 rings (SSSR count). The van der Waals surface area contributed by atoms with E-state index in [9.17, 15) is 4.79 Å². The number of aromatic nitrogens is 1. The zero-order valence-corrected chi connectivity index (χ0v) is 8.28. The summed E-state index contributed by atoms with van der Waals surface area (Å²) in [6.07, 6.45) is 6.46. The van der Waals surface area contributed by atoms with Crippen LogP contribution in [-0.4, -0.2) is 17.7 Å². The molecule has 1 fully saturated rings. The monoisotopic (exact) mass is 192 g/mol. The molecule has 0 atom stereocenters. The second-order valence-corrected chi connectivity index (χ2v) is 3.92. The van der Waals surface area contributed by atoms with Gasteiger partial charge in [0.05, 0.1) is 0 Å². The fourth-order valence-corrected chi connectivity index (χ4v) is 1.43. The van der Waals surface area contributed by atoms with Gasteiger partial charge in [0.25, 0.3) is 0 Å². The van der Waals surface area contributed by atoms with Crippen LogP contribution >= 0.6 is 0 Å². The van der Waals surface area contributed by atoms with Crippen molar-refractivity contribution < 1.29 is 0 Å². The molecule has 3 nitrogen and oxygen atoms in total. The maximum Gasteiger partial charge on any atom is 0.181 e. The molecule has 0 amide bonds. The minimum absolute atomic E-state index is 0.0761. The van der Waals surface area contributed by atoms with E-state index in [1.165, 1.54) is 12.8 Å². The van der Waals surface area contributed by atoms with Gasteiger partial charge in [-0.2, -0.15) is 0 Å². The predicted octanol–water partition coefficient (Wildman–Crippen LogP) is 0.848. The van der Waals surface area contributed by atoms with Gasteiger partial charge in [0.1, 0.15) is 0 Å². The second-order valence-electron chi connectivity index (χ2n) is 3.92. The van der Waals surface area contributed by atoms with Crippen molar-refractivity contribution in [2.45, 2.75) is 19.4 Å². The van der Waals surface area contributed by atoms with Gasteiger partial charge in [-0.25, -0.2) is 0 Å². The molecular formula is C11H16N2O. The van der Waals surface area contributed by atoms with Crippen LogP contribution < -0.4 is 10.7 Å². The average Bonchev–Trinajstić information content (AvgIpc) is 2.99. The summed E-state index contributed by atoms with van der Waals surface area (Å²) in [5.41, 5.74) is 0.0761. The highest BCUT2D eigenvalue weighted by molar-refractivity contribution is 4.93. The third kappa shape index (κ3) is 3.00. The van der Waals surface area contributed by atoms with Gasteiger partial charge >= 0.3 is 0 Å². The van der Waals surface area contributed by atoms with Gasteiger partial charge in [0, 0.05) is 37.6 Å². The van der Waals surface area contributed by atoms with Crippen LogP contribution in [0.3, 0.4) is 0 Å². The highest BCUT2D eigenvalue weighted by Gasteiger charge is 2.19. The summed E-state index contributed by atoms with van der Waals surface area (Å²) in [6, 6.07) is 3.20. The number of nitrogens with zero attached hydrogens (tertiary/aromatic N) is 1. The van der Waals surface area contributed by atoms with Crippen LogP contribution in [-0.2, 0) is 6.54 Å². The van der Waals surface area contributed by atoms with Crippen LogP contribution in [0.5, 0.6) is 0 Å². The molecule has 0 saturated heterocycles. The third-order valence-corrected chi connectivity index (χ3v) is 2.54. The van der Waals surface area contributed by atoms with Crippen molar-refractivity contribution in [2.75, 3.05) is 13.1 Å². The van der Waals surface area contributed by atoms with Gasteiger partial charge in [-0.3, -0.25) is 4.79 Å². The Morgan fingerprint density at radius 1 is 1.36 bits per heavy atom. The van der Waals surface area contributed by atoms with Crippen molar-refractivity contribution in [3.8, 4) is 0 Å². The summed E-state index contributed by atoms with van der Waals surface area (Å²) in [7, 11) is 0. The molecule has 0 aliphatic heterocycles. The Bertz CT molecular complexity index is 321. The fraction of sp³-hybridized carbons (Fsp3) is 0.545.